The SMILES string of the molecule is O=C(NCCNc1ncc(C(F)(F)F)cc1Cl)c1cc2c(nc3sccn32)s1. The number of thiazole rings is 1. The van der Waals surface area contributed by atoms with Crippen LogP contribution < -0.4 is 10.6 Å². The van der Waals surface area contributed by atoms with Crippen LogP contribution in [0.2, 0.25) is 5.02 Å². The van der Waals surface area contributed by atoms with E-state index in [1.165, 1.54) is 22.7 Å². The Morgan fingerprint density at radius 2 is 2.11 bits per heavy atom. The zero-order valence-electron chi connectivity index (χ0n) is 13.9. The zero-order chi connectivity index (χ0) is 19.9. The Labute approximate surface area is 169 Å². The first kappa shape index (κ1) is 19.0. The number of anilines is 1. The van der Waals surface area contributed by atoms with E-state index in [4.69, 9.17) is 11.6 Å². The summed E-state index contributed by atoms with van der Waals surface area (Å²) in [7, 11) is 0. The van der Waals surface area contributed by atoms with Crippen molar-refractivity contribution < 1.29 is 18.0 Å². The van der Waals surface area contributed by atoms with Crippen molar-refractivity contribution in [3.8, 4) is 0 Å². The summed E-state index contributed by atoms with van der Waals surface area (Å²) in [6.45, 7) is 0.497. The fourth-order valence-electron chi connectivity index (χ4n) is 2.53. The van der Waals surface area contributed by atoms with Gasteiger partial charge >= 0.3 is 6.18 Å². The van der Waals surface area contributed by atoms with Gasteiger partial charge in [0.05, 0.1) is 21.0 Å². The van der Waals surface area contributed by atoms with Crippen molar-refractivity contribution in [1.82, 2.24) is 19.7 Å². The number of hydrogen-bond acceptors (Lipinski definition) is 6. The monoisotopic (exact) mass is 445 g/mol. The Balaban J connectivity index is 1.34. The topological polar surface area (TPSA) is 71.3 Å². The molecule has 1 amide bonds. The Morgan fingerprint density at radius 3 is 2.86 bits per heavy atom. The Bertz CT molecular complexity index is 1170. The van der Waals surface area contributed by atoms with Gasteiger partial charge in [-0.3, -0.25) is 9.20 Å². The molecule has 0 atom stereocenters. The van der Waals surface area contributed by atoms with Gasteiger partial charge in [0.2, 0.25) is 0 Å². The molecule has 0 bridgehead atoms. The summed E-state index contributed by atoms with van der Waals surface area (Å²) in [5.74, 6) is -0.126. The summed E-state index contributed by atoms with van der Waals surface area (Å²) in [6.07, 6.45) is -1.90. The quantitative estimate of drug-likeness (QED) is 0.443. The van der Waals surface area contributed by atoms with Gasteiger partial charge < -0.3 is 10.6 Å². The zero-order valence-corrected chi connectivity index (χ0v) is 16.3. The molecule has 0 radical (unpaired) electrons. The second kappa shape index (κ2) is 7.22. The molecule has 0 saturated heterocycles. The summed E-state index contributed by atoms with van der Waals surface area (Å²) in [6, 6.07) is 2.59. The standard InChI is InChI=1S/C16H11ClF3N5OS2/c17-9-5-8(16(18,19)20)7-23-12(9)21-1-2-22-13(26)11-6-10-14(28-11)24-15-25(10)3-4-27-15/h3-7H,1-2H2,(H,21,23)(H,22,26). The first-order valence-electron chi connectivity index (χ1n) is 7.93. The van der Waals surface area contributed by atoms with Crippen LogP contribution in [0.25, 0.3) is 15.3 Å². The third-order valence-corrected chi connectivity index (χ3v) is 5.90. The van der Waals surface area contributed by atoms with Crippen molar-refractivity contribution in [2.24, 2.45) is 0 Å². The lowest BCUT2D eigenvalue weighted by atomic mass is 10.3. The Hall–Kier alpha value is -2.37. The number of thiophene rings is 1. The summed E-state index contributed by atoms with van der Waals surface area (Å²) in [4.78, 5) is 22.6. The van der Waals surface area contributed by atoms with E-state index in [9.17, 15) is 18.0 Å². The maximum atomic E-state index is 12.6. The predicted molar refractivity (Wildman–Crippen MR) is 104 cm³/mol. The summed E-state index contributed by atoms with van der Waals surface area (Å²) < 4.78 is 39.7. The molecule has 0 saturated carbocycles. The van der Waals surface area contributed by atoms with Crippen LogP contribution in [0.4, 0.5) is 19.0 Å². The van der Waals surface area contributed by atoms with E-state index in [0.29, 0.717) is 11.1 Å². The van der Waals surface area contributed by atoms with E-state index in [1.807, 2.05) is 16.0 Å². The molecule has 4 aromatic rings. The molecule has 0 fully saturated rings. The number of pyridine rings is 1. The number of hydrogen-bond donors (Lipinski definition) is 2. The van der Waals surface area contributed by atoms with Crippen LogP contribution in [0.3, 0.4) is 0 Å². The van der Waals surface area contributed by atoms with Gasteiger partial charge in [0.25, 0.3) is 5.91 Å². The molecule has 146 valence electrons. The van der Waals surface area contributed by atoms with Crippen molar-refractivity contribution >= 4 is 61.3 Å². The molecular weight excluding hydrogens is 435 g/mol. The summed E-state index contributed by atoms with van der Waals surface area (Å²) >= 11 is 8.64. The average Bonchev–Trinajstić information content (AvgIpc) is 3.30. The number of alkyl halides is 3. The van der Waals surface area contributed by atoms with Crippen LogP contribution in [-0.4, -0.2) is 33.4 Å². The van der Waals surface area contributed by atoms with Gasteiger partial charge in [0.15, 0.2) is 4.96 Å². The first-order chi connectivity index (χ1) is 13.3. The van der Waals surface area contributed by atoms with Crippen LogP contribution in [0.1, 0.15) is 15.2 Å². The van der Waals surface area contributed by atoms with Crippen molar-refractivity contribution in [2.75, 3.05) is 18.4 Å². The first-order valence-corrected chi connectivity index (χ1v) is 10.0. The van der Waals surface area contributed by atoms with Gasteiger partial charge in [-0.05, 0) is 12.1 Å². The Kier molecular flexibility index (Phi) is 4.89. The van der Waals surface area contributed by atoms with E-state index in [2.05, 4.69) is 20.6 Å². The minimum Gasteiger partial charge on any atom is -0.367 e. The highest BCUT2D eigenvalue weighted by molar-refractivity contribution is 7.21. The molecule has 0 aliphatic rings. The molecule has 6 nitrogen and oxygen atoms in total. The van der Waals surface area contributed by atoms with Gasteiger partial charge in [0.1, 0.15) is 10.6 Å². The van der Waals surface area contributed by atoms with E-state index in [1.54, 1.807) is 6.07 Å². The number of halogens is 4. The molecule has 28 heavy (non-hydrogen) atoms. The van der Waals surface area contributed by atoms with Crippen molar-refractivity contribution in [1.29, 1.82) is 0 Å². The largest absolute Gasteiger partial charge is 0.417 e. The number of rotatable bonds is 5. The fraction of sp³-hybridized carbons (Fsp3) is 0.188. The molecule has 4 heterocycles. The number of carbonyl (C=O) groups is 1. The lowest BCUT2D eigenvalue weighted by Crippen LogP contribution is -2.28. The molecule has 4 rings (SSSR count). The van der Waals surface area contributed by atoms with Crippen LogP contribution in [0.5, 0.6) is 0 Å². The smallest absolute Gasteiger partial charge is 0.367 e. The van der Waals surface area contributed by atoms with Gasteiger partial charge in [-0.15, -0.1) is 22.7 Å². The van der Waals surface area contributed by atoms with Crippen molar-refractivity contribution in [3.63, 3.8) is 0 Å². The third-order valence-electron chi connectivity index (χ3n) is 3.84. The second-order valence-electron chi connectivity index (χ2n) is 5.70. The molecular formula is C16H11ClF3N5OS2. The van der Waals surface area contributed by atoms with Crippen LogP contribution in [-0.2, 0) is 6.18 Å². The number of carbonyl (C=O) groups excluding carboxylic acids is 1. The second-order valence-corrected chi connectivity index (χ2v) is 8.01. The van der Waals surface area contributed by atoms with E-state index >= 15 is 0 Å². The lowest BCUT2D eigenvalue weighted by molar-refractivity contribution is -0.137. The molecule has 0 aromatic carbocycles. The average molecular weight is 446 g/mol. The van der Waals surface area contributed by atoms with Crippen molar-refractivity contribution in [3.05, 3.63) is 45.4 Å². The van der Waals surface area contributed by atoms with Crippen LogP contribution >= 0.6 is 34.3 Å². The predicted octanol–water partition coefficient (Wildman–Crippen LogP) is 4.52. The number of fused-ring (bicyclic) bond motifs is 3. The third kappa shape index (κ3) is 3.64. The van der Waals surface area contributed by atoms with Crippen LogP contribution in [0, 0.1) is 0 Å². The summed E-state index contributed by atoms with van der Waals surface area (Å²) in [5, 5.41) is 7.33. The van der Waals surface area contributed by atoms with E-state index < -0.39 is 11.7 Å². The Morgan fingerprint density at radius 1 is 1.29 bits per heavy atom. The van der Waals surface area contributed by atoms with Crippen LogP contribution in [0.15, 0.2) is 29.9 Å². The highest BCUT2D eigenvalue weighted by Crippen LogP contribution is 2.32. The molecule has 2 N–H and O–H groups in total. The maximum Gasteiger partial charge on any atom is 0.417 e. The normalized spacial score (nSPS) is 12.0. The molecule has 0 aliphatic carbocycles. The van der Waals surface area contributed by atoms with E-state index in [-0.39, 0.29) is 29.8 Å². The van der Waals surface area contributed by atoms with Gasteiger partial charge in [-0.2, -0.15) is 13.2 Å². The molecule has 0 aliphatic heterocycles. The summed E-state index contributed by atoms with van der Waals surface area (Å²) in [5.41, 5.74) is -0.0376. The molecule has 4 aromatic heterocycles. The number of nitrogens with zero attached hydrogens (tertiary/aromatic N) is 3. The minimum atomic E-state index is -4.50. The van der Waals surface area contributed by atoms with Gasteiger partial charge in [0, 0.05) is 30.9 Å². The fourth-order valence-corrected chi connectivity index (χ4v) is 4.48. The minimum absolute atomic E-state index is 0.124. The number of imidazole rings is 1. The molecule has 12 heteroatoms. The van der Waals surface area contributed by atoms with Gasteiger partial charge in [-0.25, -0.2) is 9.97 Å². The number of amides is 1. The molecule has 0 unspecified atom stereocenters. The highest BCUT2D eigenvalue weighted by Gasteiger charge is 2.31. The number of aromatic nitrogens is 3. The van der Waals surface area contributed by atoms with E-state index in [0.717, 1.165) is 21.4 Å². The highest BCUT2D eigenvalue weighted by atomic mass is 35.5. The maximum absolute atomic E-state index is 12.6. The van der Waals surface area contributed by atoms with Crippen molar-refractivity contribution in [2.45, 2.75) is 6.18 Å². The number of nitrogens with one attached hydrogen (secondary N) is 2. The van der Waals surface area contributed by atoms with Gasteiger partial charge in [-0.1, -0.05) is 11.6 Å². The molecule has 0 spiro atoms. The lowest BCUT2D eigenvalue weighted by Gasteiger charge is -2.11.